The van der Waals surface area contributed by atoms with E-state index in [0.29, 0.717) is 18.9 Å². The zero-order valence-corrected chi connectivity index (χ0v) is 9.59. The quantitative estimate of drug-likeness (QED) is 0.657. The average molecular weight is 276 g/mol. The van der Waals surface area contributed by atoms with E-state index in [0.717, 1.165) is 0 Å². The first-order valence-corrected chi connectivity index (χ1v) is 5.55. The second kappa shape index (κ2) is 6.40. The topological polar surface area (TPSA) is 38.3 Å². The van der Waals surface area contributed by atoms with Crippen molar-refractivity contribution in [1.82, 2.24) is 5.32 Å². The fourth-order valence-corrected chi connectivity index (χ4v) is 1.16. The average Bonchev–Trinajstić information content (AvgIpc) is 2.24. The predicted octanol–water partition coefficient (Wildman–Crippen LogP) is 1.72. The van der Waals surface area contributed by atoms with E-state index in [1.807, 2.05) is 0 Å². The van der Waals surface area contributed by atoms with Crippen LogP contribution in [0.2, 0.25) is 0 Å². The molecular formula is C10H11BrFNO2. The van der Waals surface area contributed by atoms with E-state index in [4.69, 9.17) is 4.74 Å². The van der Waals surface area contributed by atoms with Crippen LogP contribution < -0.4 is 10.1 Å². The predicted molar refractivity (Wildman–Crippen MR) is 58.7 cm³/mol. The van der Waals surface area contributed by atoms with Crippen LogP contribution in [0, 0.1) is 5.82 Å². The first kappa shape index (κ1) is 12.0. The second-order valence-corrected chi connectivity index (χ2v) is 3.35. The molecule has 0 spiro atoms. The molecule has 0 heterocycles. The number of carbonyl (C=O) groups is 1. The van der Waals surface area contributed by atoms with E-state index >= 15 is 0 Å². The van der Waals surface area contributed by atoms with Gasteiger partial charge >= 0.3 is 0 Å². The third kappa shape index (κ3) is 4.78. The molecule has 0 fully saturated rings. The van der Waals surface area contributed by atoms with Crippen molar-refractivity contribution >= 4 is 21.8 Å². The molecule has 0 aliphatic rings. The molecule has 1 rings (SSSR count). The summed E-state index contributed by atoms with van der Waals surface area (Å²) in [7, 11) is 0. The maximum Gasteiger partial charge on any atom is 0.230 e. The Bertz CT molecular complexity index is 333. The SMILES string of the molecule is O=C(CBr)NCCOc1cccc(F)c1. The van der Waals surface area contributed by atoms with Crippen molar-refractivity contribution in [3.63, 3.8) is 0 Å². The largest absolute Gasteiger partial charge is 0.492 e. The molecule has 0 aromatic heterocycles. The van der Waals surface area contributed by atoms with Crippen LogP contribution in [0.5, 0.6) is 5.75 Å². The smallest absolute Gasteiger partial charge is 0.230 e. The number of halogens is 2. The number of hydrogen-bond donors (Lipinski definition) is 1. The summed E-state index contributed by atoms with van der Waals surface area (Å²) in [5, 5.41) is 2.88. The summed E-state index contributed by atoms with van der Waals surface area (Å²) in [6, 6.07) is 5.88. The molecule has 0 saturated carbocycles. The van der Waals surface area contributed by atoms with E-state index in [9.17, 15) is 9.18 Å². The number of rotatable bonds is 5. The lowest BCUT2D eigenvalue weighted by Gasteiger charge is -2.06. The normalized spacial score (nSPS) is 9.73. The third-order valence-electron chi connectivity index (χ3n) is 1.61. The molecule has 0 aliphatic carbocycles. The standard InChI is InChI=1S/C10H11BrFNO2/c11-7-10(14)13-4-5-15-9-3-1-2-8(12)6-9/h1-3,6H,4-5,7H2,(H,13,14). The van der Waals surface area contributed by atoms with Gasteiger partial charge in [0.05, 0.1) is 11.9 Å². The van der Waals surface area contributed by atoms with Gasteiger partial charge in [0.25, 0.3) is 0 Å². The van der Waals surface area contributed by atoms with Gasteiger partial charge in [-0.3, -0.25) is 4.79 Å². The van der Waals surface area contributed by atoms with Gasteiger partial charge in [0, 0.05) is 6.07 Å². The lowest BCUT2D eigenvalue weighted by Crippen LogP contribution is -2.28. The van der Waals surface area contributed by atoms with Gasteiger partial charge in [-0.05, 0) is 12.1 Å². The molecule has 1 amide bonds. The Hall–Kier alpha value is -1.10. The molecule has 0 bridgehead atoms. The highest BCUT2D eigenvalue weighted by Crippen LogP contribution is 2.11. The maximum absolute atomic E-state index is 12.7. The molecule has 0 unspecified atom stereocenters. The number of hydrogen-bond acceptors (Lipinski definition) is 2. The maximum atomic E-state index is 12.7. The van der Waals surface area contributed by atoms with Crippen LogP contribution >= 0.6 is 15.9 Å². The monoisotopic (exact) mass is 275 g/mol. The van der Waals surface area contributed by atoms with Gasteiger partial charge in [-0.1, -0.05) is 22.0 Å². The van der Waals surface area contributed by atoms with Gasteiger partial charge in [-0.2, -0.15) is 0 Å². The molecule has 15 heavy (non-hydrogen) atoms. The van der Waals surface area contributed by atoms with Crippen LogP contribution in [-0.4, -0.2) is 24.4 Å². The van der Waals surface area contributed by atoms with Crippen LogP contribution in [0.4, 0.5) is 4.39 Å². The van der Waals surface area contributed by atoms with Crippen LogP contribution in [0.25, 0.3) is 0 Å². The summed E-state index contributed by atoms with van der Waals surface area (Å²) in [6.45, 7) is 0.725. The van der Waals surface area contributed by atoms with E-state index < -0.39 is 0 Å². The number of alkyl halides is 1. The molecule has 0 saturated heterocycles. The van der Waals surface area contributed by atoms with Crippen LogP contribution in [0.3, 0.4) is 0 Å². The van der Waals surface area contributed by atoms with Crippen molar-refractivity contribution in [2.45, 2.75) is 0 Å². The van der Waals surface area contributed by atoms with Gasteiger partial charge in [-0.15, -0.1) is 0 Å². The van der Waals surface area contributed by atoms with Crippen molar-refractivity contribution in [3.05, 3.63) is 30.1 Å². The van der Waals surface area contributed by atoms with E-state index in [1.165, 1.54) is 12.1 Å². The molecular weight excluding hydrogens is 265 g/mol. The van der Waals surface area contributed by atoms with Crippen molar-refractivity contribution in [1.29, 1.82) is 0 Å². The summed E-state index contributed by atoms with van der Waals surface area (Å²) < 4.78 is 17.9. The molecule has 1 N–H and O–H groups in total. The number of nitrogens with one attached hydrogen (secondary N) is 1. The van der Waals surface area contributed by atoms with Crippen molar-refractivity contribution in [2.24, 2.45) is 0 Å². The molecule has 1 aromatic carbocycles. The fraction of sp³-hybridized carbons (Fsp3) is 0.300. The van der Waals surface area contributed by atoms with Crippen LogP contribution in [-0.2, 0) is 4.79 Å². The lowest BCUT2D eigenvalue weighted by molar-refractivity contribution is -0.118. The van der Waals surface area contributed by atoms with Crippen molar-refractivity contribution in [3.8, 4) is 5.75 Å². The molecule has 3 nitrogen and oxygen atoms in total. The summed E-state index contributed by atoms with van der Waals surface area (Å²) in [4.78, 5) is 10.8. The minimum atomic E-state index is -0.336. The highest BCUT2D eigenvalue weighted by atomic mass is 79.9. The van der Waals surface area contributed by atoms with E-state index in [1.54, 1.807) is 12.1 Å². The molecule has 82 valence electrons. The van der Waals surface area contributed by atoms with E-state index in [-0.39, 0.29) is 17.1 Å². The van der Waals surface area contributed by atoms with Crippen molar-refractivity contribution < 1.29 is 13.9 Å². The number of benzene rings is 1. The molecule has 0 radical (unpaired) electrons. The summed E-state index contributed by atoms with van der Waals surface area (Å²) in [6.07, 6.45) is 0. The number of carbonyl (C=O) groups excluding carboxylic acids is 1. The Labute approximate surface area is 95.7 Å². The molecule has 1 aromatic rings. The van der Waals surface area contributed by atoms with Crippen LogP contribution in [0.1, 0.15) is 0 Å². The van der Waals surface area contributed by atoms with Gasteiger partial charge in [0.1, 0.15) is 18.2 Å². The minimum absolute atomic E-state index is 0.0992. The molecule has 5 heteroatoms. The lowest BCUT2D eigenvalue weighted by atomic mass is 10.3. The third-order valence-corrected chi connectivity index (χ3v) is 2.12. The Kier molecular flexibility index (Phi) is 5.10. The summed E-state index contributed by atoms with van der Waals surface area (Å²) >= 11 is 3.02. The van der Waals surface area contributed by atoms with Gasteiger partial charge in [0.15, 0.2) is 0 Å². The number of ether oxygens (including phenoxy) is 1. The highest BCUT2D eigenvalue weighted by molar-refractivity contribution is 9.09. The van der Waals surface area contributed by atoms with Crippen molar-refractivity contribution in [2.75, 3.05) is 18.5 Å². The summed E-state index contributed by atoms with van der Waals surface area (Å²) in [5.41, 5.74) is 0. The van der Waals surface area contributed by atoms with Gasteiger partial charge in [0.2, 0.25) is 5.91 Å². The Balaban J connectivity index is 2.23. The van der Waals surface area contributed by atoms with Gasteiger partial charge in [-0.25, -0.2) is 4.39 Å². The second-order valence-electron chi connectivity index (χ2n) is 2.79. The first-order valence-electron chi connectivity index (χ1n) is 4.43. The zero-order chi connectivity index (χ0) is 11.1. The fourth-order valence-electron chi connectivity index (χ4n) is 0.963. The van der Waals surface area contributed by atoms with E-state index in [2.05, 4.69) is 21.2 Å². The van der Waals surface area contributed by atoms with Gasteiger partial charge < -0.3 is 10.1 Å². The zero-order valence-electron chi connectivity index (χ0n) is 8.00. The molecule has 0 atom stereocenters. The molecule has 0 aliphatic heterocycles. The highest BCUT2D eigenvalue weighted by Gasteiger charge is 1.98. The minimum Gasteiger partial charge on any atom is -0.492 e. The number of amides is 1. The Morgan fingerprint density at radius 1 is 1.53 bits per heavy atom. The summed E-state index contributed by atoms with van der Waals surface area (Å²) in [5.74, 6) is 0.0259. The van der Waals surface area contributed by atoms with Crippen LogP contribution in [0.15, 0.2) is 24.3 Å². The first-order chi connectivity index (χ1) is 7.22. The Morgan fingerprint density at radius 2 is 2.33 bits per heavy atom. The Morgan fingerprint density at radius 3 is 3.00 bits per heavy atom.